The van der Waals surface area contributed by atoms with Crippen molar-refractivity contribution in [1.29, 1.82) is 0 Å². The SMILES string of the molecule is CCCC(O)c1noc(-c2ccc(C(F)(F)F)cc2)n1. The zero-order chi connectivity index (χ0) is 14.8. The second kappa shape index (κ2) is 5.62. The second-order valence-electron chi connectivity index (χ2n) is 4.34. The molecule has 2 aromatic rings. The van der Waals surface area contributed by atoms with E-state index in [9.17, 15) is 18.3 Å². The molecule has 0 aliphatic carbocycles. The Morgan fingerprint density at radius 2 is 1.90 bits per heavy atom. The summed E-state index contributed by atoms with van der Waals surface area (Å²) in [6.45, 7) is 1.90. The highest BCUT2D eigenvalue weighted by molar-refractivity contribution is 5.53. The fourth-order valence-electron chi connectivity index (χ4n) is 1.69. The number of halogens is 3. The third-order valence-corrected chi connectivity index (χ3v) is 2.76. The van der Waals surface area contributed by atoms with E-state index in [0.29, 0.717) is 12.0 Å². The average Bonchev–Trinajstić information content (AvgIpc) is 2.88. The summed E-state index contributed by atoms with van der Waals surface area (Å²) in [4.78, 5) is 3.98. The van der Waals surface area contributed by atoms with Crippen LogP contribution in [0.3, 0.4) is 0 Å². The molecular formula is C13H13F3N2O2. The molecule has 1 aromatic carbocycles. The van der Waals surface area contributed by atoms with Gasteiger partial charge in [0.05, 0.1) is 5.56 Å². The molecule has 0 bridgehead atoms. The van der Waals surface area contributed by atoms with Gasteiger partial charge in [-0.2, -0.15) is 18.2 Å². The summed E-state index contributed by atoms with van der Waals surface area (Å²) in [6, 6.07) is 4.40. The number of hydrogen-bond acceptors (Lipinski definition) is 4. The Kier molecular flexibility index (Phi) is 4.08. The Balaban J connectivity index is 2.20. The number of aromatic nitrogens is 2. The van der Waals surface area contributed by atoms with Crippen molar-refractivity contribution in [2.45, 2.75) is 32.0 Å². The van der Waals surface area contributed by atoms with Gasteiger partial charge >= 0.3 is 6.18 Å². The molecule has 1 heterocycles. The van der Waals surface area contributed by atoms with Crippen LogP contribution in [0, 0.1) is 0 Å². The number of aliphatic hydroxyl groups is 1. The van der Waals surface area contributed by atoms with E-state index in [0.717, 1.165) is 18.6 Å². The standard InChI is InChI=1S/C13H13F3N2O2/c1-2-3-10(19)11-17-12(20-18-11)8-4-6-9(7-5-8)13(14,15)16/h4-7,10,19H,2-3H2,1H3. The van der Waals surface area contributed by atoms with Gasteiger partial charge in [-0.3, -0.25) is 0 Å². The van der Waals surface area contributed by atoms with Gasteiger partial charge in [-0.15, -0.1) is 0 Å². The highest BCUT2D eigenvalue weighted by atomic mass is 19.4. The maximum atomic E-state index is 12.4. The lowest BCUT2D eigenvalue weighted by Gasteiger charge is -2.05. The molecule has 0 radical (unpaired) electrons. The van der Waals surface area contributed by atoms with E-state index < -0.39 is 17.8 Å². The van der Waals surface area contributed by atoms with E-state index in [1.165, 1.54) is 12.1 Å². The highest BCUT2D eigenvalue weighted by Crippen LogP contribution is 2.30. The third kappa shape index (κ3) is 3.16. The number of benzene rings is 1. The van der Waals surface area contributed by atoms with Crippen molar-refractivity contribution in [3.8, 4) is 11.5 Å². The van der Waals surface area contributed by atoms with Crippen molar-refractivity contribution in [2.75, 3.05) is 0 Å². The molecular weight excluding hydrogens is 273 g/mol. The van der Waals surface area contributed by atoms with Crippen LogP contribution < -0.4 is 0 Å². The molecule has 20 heavy (non-hydrogen) atoms. The average molecular weight is 286 g/mol. The molecule has 1 aromatic heterocycles. The van der Waals surface area contributed by atoms with E-state index in [1.54, 1.807) is 0 Å². The van der Waals surface area contributed by atoms with Crippen LogP contribution in [-0.2, 0) is 6.18 Å². The number of nitrogens with zero attached hydrogens (tertiary/aromatic N) is 2. The van der Waals surface area contributed by atoms with Gasteiger partial charge in [0.15, 0.2) is 0 Å². The molecule has 7 heteroatoms. The lowest BCUT2D eigenvalue weighted by Crippen LogP contribution is -2.04. The van der Waals surface area contributed by atoms with Crippen LogP contribution in [0.2, 0.25) is 0 Å². The van der Waals surface area contributed by atoms with Crippen LogP contribution in [0.15, 0.2) is 28.8 Å². The van der Waals surface area contributed by atoms with Gasteiger partial charge in [0.1, 0.15) is 6.10 Å². The van der Waals surface area contributed by atoms with Crippen LogP contribution in [-0.4, -0.2) is 15.2 Å². The molecule has 1 N–H and O–H groups in total. The largest absolute Gasteiger partial charge is 0.416 e. The van der Waals surface area contributed by atoms with Crippen LogP contribution in [0.25, 0.3) is 11.5 Å². The molecule has 1 atom stereocenters. The second-order valence-corrected chi connectivity index (χ2v) is 4.34. The predicted octanol–water partition coefficient (Wildman–Crippen LogP) is 3.59. The first-order valence-electron chi connectivity index (χ1n) is 6.11. The number of hydrogen-bond donors (Lipinski definition) is 1. The van der Waals surface area contributed by atoms with Crippen LogP contribution in [0.5, 0.6) is 0 Å². The summed E-state index contributed by atoms with van der Waals surface area (Å²) in [5.74, 6) is 0.227. The summed E-state index contributed by atoms with van der Waals surface area (Å²) in [5.41, 5.74) is -0.368. The first-order valence-corrected chi connectivity index (χ1v) is 6.11. The van der Waals surface area contributed by atoms with E-state index >= 15 is 0 Å². The van der Waals surface area contributed by atoms with Crippen molar-refractivity contribution in [3.63, 3.8) is 0 Å². The summed E-state index contributed by atoms with van der Waals surface area (Å²) in [7, 11) is 0. The number of aliphatic hydroxyl groups excluding tert-OH is 1. The smallest absolute Gasteiger partial charge is 0.385 e. The molecule has 0 spiro atoms. The van der Waals surface area contributed by atoms with Crippen LogP contribution in [0.4, 0.5) is 13.2 Å². The molecule has 0 fully saturated rings. The Morgan fingerprint density at radius 1 is 1.25 bits per heavy atom. The maximum absolute atomic E-state index is 12.4. The third-order valence-electron chi connectivity index (χ3n) is 2.76. The predicted molar refractivity (Wildman–Crippen MR) is 64.6 cm³/mol. The first-order chi connectivity index (χ1) is 9.41. The first kappa shape index (κ1) is 14.5. The van der Waals surface area contributed by atoms with Crippen molar-refractivity contribution < 1.29 is 22.8 Å². The monoisotopic (exact) mass is 286 g/mol. The van der Waals surface area contributed by atoms with Crippen molar-refractivity contribution in [3.05, 3.63) is 35.7 Å². The van der Waals surface area contributed by atoms with Gasteiger partial charge in [0.25, 0.3) is 5.89 Å². The van der Waals surface area contributed by atoms with Crippen LogP contribution >= 0.6 is 0 Å². The lowest BCUT2D eigenvalue weighted by molar-refractivity contribution is -0.137. The summed E-state index contributed by atoms with van der Waals surface area (Å²) < 4.78 is 42.2. The topological polar surface area (TPSA) is 59.2 Å². The van der Waals surface area contributed by atoms with E-state index in [2.05, 4.69) is 10.1 Å². The molecule has 1 unspecified atom stereocenters. The van der Waals surface area contributed by atoms with Gasteiger partial charge in [-0.25, -0.2) is 0 Å². The number of rotatable bonds is 4. The van der Waals surface area contributed by atoms with E-state index in [4.69, 9.17) is 4.52 Å². The van der Waals surface area contributed by atoms with Gasteiger partial charge in [-0.05, 0) is 30.7 Å². The Morgan fingerprint density at radius 3 is 2.45 bits per heavy atom. The highest BCUT2D eigenvalue weighted by Gasteiger charge is 2.30. The van der Waals surface area contributed by atoms with Gasteiger partial charge in [-0.1, -0.05) is 18.5 Å². The zero-order valence-corrected chi connectivity index (χ0v) is 10.7. The summed E-state index contributed by atoms with van der Waals surface area (Å²) in [5, 5.41) is 13.3. The molecule has 0 aliphatic heterocycles. The minimum absolute atomic E-state index is 0.0869. The fraction of sp³-hybridized carbons (Fsp3) is 0.385. The normalized spacial score (nSPS) is 13.4. The van der Waals surface area contributed by atoms with Gasteiger partial charge in [0.2, 0.25) is 5.82 Å². The number of alkyl halides is 3. The molecule has 108 valence electrons. The summed E-state index contributed by atoms with van der Waals surface area (Å²) in [6.07, 6.45) is -3.96. The van der Waals surface area contributed by atoms with Gasteiger partial charge in [0, 0.05) is 5.56 Å². The fourth-order valence-corrected chi connectivity index (χ4v) is 1.69. The maximum Gasteiger partial charge on any atom is 0.416 e. The van der Waals surface area contributed by atoms with E-state index in [-0.39, 0.29) is 11.7 Å². The Bertz CT molecular complexity index is 564. The van der Waals surface area contributed by atoms with Crippen molar-refractivity contribution in [2.24, 2.45) is 0 Å². The Labute approximate surface area is 113 Å². The van der Waals surface area contributed by atoms with Crippen molar-refractivity contribution >= 4 is 0 Å². The Hall–Kier alpha value is -1.89. The molecule has 0 amide bonds. The molecule has 0 aliphatic rings. The molecule has 0 saturated heterocycles. The quantitative estimate of drug-likeness (QED) is 0.933. The molecule has 2 rings (SSSR count). The zero-order valence-electron chi connectivity index (χ0n) is 10.7. The summed E-state index contributed by atoms with van der Waals surface area (Å²) >= 11 is 0. The minimum atomic E-state index is -4.38. The molecule has 0 saturated carbocycles. The minimum Gasteiger partial charge on any atom is -0.385 e. The van der Waals surface area contributed by atoms with Gasteiger partial charge < -0.3 is 9.63 Å². The lowest BCUT2D eigenvalue weighted by atomic mass is 10.1. The van der Waals surface area contributed by atoms with Crippen molar-refractivity contribution in [1.82, 2.24) is 10.1 Å². The van der Waals surface area contributed by atoms with E-state index in [1.807, 2.05) is 6.92 Å². The molecule has 4 nitrogen and oxygen atoms in total. The van der Waals surface area contributed by atoms with Crippen LogP contribution in [0.1, 0.15) is 37.3 Å².